The van der Waals surface area contributed by atoms with Crippen molar-refractivity contribution in [3.05, 3.63) is 0 Å². The summed E-state index contributed by atoms with van der Waals surface area (Å²) >= 11 is 2.10. The standard InChI is InChI=1S/C9H17IO5/c1-12-4-5-7(13-2)8(14-3)6(10)9(11)15-5/h5-9,11H,4H2,1-3H3/t5-,6+,7-,8-,9+/m1/s1. The second-order valence-electron chi connectivity index (χ2n) is 3.37. The molecule has 0 aromatic carbocycles. The number of aliphatic hydroxyl groups excluding tert-OH is 1. The summed E-state index contributed by atoms with van der Waals surface area (Å²) in [7, 11) is 4.79. The number of rotatable bonds is 4. The van der Waals surface area contributed by atoms with E-state index in [1.165, 1.54) is 0 Å². The second kappa shape index (κ2) is 6.31. The lowest BCUT2D eigenvalue weighted by Gasteiger charge is -2.41. The molecule has 0 aliphatic carbocycles. The average Bonchev–Trinajstić information content (AvgIpc) is 2.23. The Morgan fingerprint density at radius 2 is 1.80 bits per heavy atom. The van der Waals surface area contributed by atoms with Crippen molar-refractivity contribution >= 4 is 22.6 Å². The van der Waals surface area contributed by atoms with Gasteiger partial charge >= 0.3 is 0 Å². The van der Waals surface area contributed by atoms with Crippen molar-refractivity contribution in [2.45, 2.75) is 28.5 Å². The Labute approximate surface area is 103 Å². The fraction of sp³-hybridized carbons (Fsp3) is 1.00. The Balaban J connectivity index is 2.73. The van der Waals surface area contributed by atoms with Crippen molar-refractivity contribution in [3.63, 3.8) is 0 Å². The van der Waals surface area contributed by atoms with E-state index in [-0.39, 0.29) is 22.2 Å². The van der Waals surface area contributed by atoms with E-state index in [0.717, 1.165) is 0 Å². The lowest BCUT2D eigenvalue weighted by Crippen LogP contribution is -2.57. The van der Waals surface area contributed by atoms with Crippen LogP contribution in [0.25, 0.3) is 0 Å². The first kappa shape index (κ1) is 13.6. The fourth-order valence-electron chi connectivity index (χ4n) is 1.74. The predicted octanol–water partition coefficient (Wildman–Crippen LogP) is 0.184. The minimum Gasteiger partial charge on any atom is -0.382 e. The third-order valence-electron chi connectivity index (χ3n) is 2.47. The molecule has 1 fully saturated rings. The van der Waals surface area contributed by atoms with E-state index in [1.807, 2.05) is 0 Å². The van der Waals surface area contributed by atoms with E-state index in [9.17, 15) is 5.11 Å². The Morgan fingerprint density at radius 1 is 1.20 bits per heavy atom. The smallest absolute Gasteiger partial charge is 0.169 e. The van der Waals surface area contributed by atoms with Gasteiger partial charge in [-0.3, -0.25) is 0 Å². The molecule has 1 heterocycles. The number of ether oxygens (including phenoxy) is 4. The third kappa shape index (κ3) is 3.01. The van der Waals surface area contributed by atoms with Gasteiger partial charge in [-0.25, -0.2) is 0 Å². The van der Waals surface area contributed by atoms with E-state index >= 15 is 0 Å². The van der Waals surface area contributed by atoms with Crippen LogP contribution in [-0.2, 0) is 18.9 Å². The molecule has 1 saturated heterocycles. The number of hydrogen-bond donors (Lipinski definition) is 1. The largest absolute Gasteiger partial charge is 0.382 e. The fourth-order valence-corrected chi connectivity index (χ4v) is 2.61. The number of alkyl halides is 1. The van der Waals surface area contributed by atoms with Crippen LogP contribution in [0.5, 0.6) is 0 Å². The van der Waals surface area contributed by atoms with E-state index < -0.39 is 6.29 Å². The quantitative estimate of drug-likeness (QED) is 0.588. The van der Waals surface area contributed by atoms with E-state index in [4.69, 9.17) is 18.9 Å². The highest BCUT2D eigenvalue weighted by Gasteiger charge is 2.44. The van der Waals surface area contributed by atoms with Gasteiger partial charge in [-0.2, -0.15) is 0 Å². The molecule has 0 aromatic rings. The number of hydrogen-bond acceptors (Lipinski definition) is 5. The van der Waals surface area contributed by atoms with Crippen LogP contribution in [0.2, 0.25) is 0 Å². The van der Waals surface area contributed by atoms with Gasteiger partial charge < -0.3 is 24.1 Å². The molecule has 5 atom stereocenters. The Hall–Kier alpha value is 0.530. The third-order valence-corrected chi connectivity index (χ3v) is 3.79. The van der Waals surface area contributed by atoms with Gasteiger partial charge in [-0.15, -0.1) is 0 Å². The zero-order valence-corrected chi connectivity index (χ0v) is 11.2. The number of aliphatic hydroxyl groups is 1. The minimum absolute atomic E-state index is 0.148. The molecule has 15 heavy (non-hydrogen) atoms. The molecule has 0 radical (unpaired) electrons. The maximum absolute atomic E-state index is 9.67. The lowest BCUT2D eigenvalue weighted by molar-refractivity contribution is -0.243. The average molecular weight is 332 g/mol. The molecular weight excluding hydrogens is 315 g/mol. The molecule has 1 N–H and O–H groups in total. The van der Waals surface area contributed by atoms with Crippen LogP contribution in [0.4, 0.5) is 0 Å². The van der Waals surface area contributed by atoms with Crippen molar-refractivity contribution in [1.29, 1.82) is 0 Å². The molecule has 1 aliphatic rings. The van der Waals surface area contributed by atoms with Crippen molar-refractivity contribution in [2.24, 2.45) is 0 Å². The predicted molar refractivity (Wildman–Crippen MR) is 62.2 cm³/mol. The summed E-state index contributed by atoms with van der Waals surface area (Å²) in [6.07, 6.45) is -1.56. The minimum atomic E-state index is -0.845. The summed E-state index contributed by atoms with van der Waals surface area (Å²) in [5, 5.41) is 9.67. The maximum atomic E-state index is 9.67. The van der Waals surface area contributed by atoms with Gasteiger partial charge in [-0.1, -0.05) is 22.6 Å². The molecule has 0 bridgehead atoms. The van der Waals surface area contributed by atoms with E-state index in [0.29, 0.717) is 6.61 Å². The summed E-state index contributed by atoms with van der Waals surface area (Å²) in [5.74, 6) is 0. The van der Waals surface area contributed by atoms with Crippen LogP contribution in [0.15, 0.2) is 0 Å². The molecule has 0 aromatic heterocycles. The van der Waals surface area contributed by atoms with Crippen molar-refractivity contribution in [2.75, 3.05) is 27.9 Å². The normalized spacial score (nSPS) is 41.8. The Morgan fingerprint density at radius 3 is 2.27 bits per heavy atom. The van der Waals surface area contributed by atoms with Gasteiger partial charge in [0.2, 0.25) is 0 Å². The van der Waals surface area contributed by atoms with Crippen LogP contribution in [0, 0.1) is 0 Å². The highest BCUT2D eigenvalue weighted by Crippen LogP contribution is 2.29. The summed E-state index contributed by atoms with van der Waals surface area (Å²) in [6.45, 7) is 0.374. The van der Waals surface area contributed by atoms with Gasteiger partial charge in [0.25, 0.3) is 0 Å². The van der Waals surface area contributed by atoms with Gasteiger partial charge in [-0.05, 0) is 0 Å². The van der Waals surface area contributed by atoms with Crippen LogP contribution in [-0.4, -0.2) is 61.6 Å². The van der Waals surface area contributed by atoms with Gasteiger partial charge in [0.05, 0.1) is 10.5 Å². The van der Waals surface area contributed by atoms with Crippen molar-refractivity contribution in [1.82, 2.24) is 0 Å². The first-order chi connectivity index (χ1) is 7.15. The maximum Gasteiger partial charge on any atom is 0.169 e. The summed E-state index contributed by atoms with van der Waals surface area (Å²) in [4.78, 5) is 0. The summed E-state index contributed by atoms with van der Waals surface area (Å²) < 4.78 is 20.9. The molecular formula is C9H17IO5. The van der Waals surface area contributed by atoms with Crippen LogP contribution in [0.1, 0.15) is 0 Å². The zero-order chi connectivity index (χ0) is 11.4. The zero-order valence-electron chi connectivity index (χ0n) is 9.05. The topological polar surface area (TPSA) is 57.2 Å². The van der Waals surface area contributed by atoms with Gasteiger partial charge in [0.15, 0.2) is 6.29 Å². The van der Waals surface area contributed by atoms with Gasteiger partial charge in [0, 0.05) is 21.3 Å². The molecule has 0 saturated carbocycles. The van der Waals surface area contributed by atoms with Gasteiger partial charge in [0.1, 0.15) is 18.3 Å². The van der Waals surface area contributed by atoms with Crippen molar-refractivity contribution < 1.29 is 24.1 Å². The van der Waals surface area contributed by atoms with Crippen LogP contribution in [0.3, 0.4) is 0 Å². The molecule has 1 aliphatic heterocycles. The molecule has 1 rings (SSSR count). The molecule has 5 nitrogen and oxygen atoms in total. The first-order valence-electron chi connectivity index (χ1n) is 4.67. The Bertz CT molecular complexity index is 191. The van der Waals surface area contributed by atoms with E-state index in [1.54, 1.807) is 21.3 Å². The SMILES string of the molecule is COC[C@H]1O[C@H](O)[C@@H](I)[C@@H](OC)[C@@H]1OC. The monoisotopic (exact) mass is 332 g/mol. The lowest BCUT2D eigenvalue weighted by atomic mass is 10.0. The molecule has 90 valence electrons. The van der Waals surface area contributed by atoms with Crippen molar-refractivity contribution in [3.8, 4) is 0 Å². The van der Waals surface area contributed by atoms with E-state index in [2.05, 4.69) is 22.6 Å². The second-order valence-corrected chi connectivity index (χ2v) is 4.80. The molecule has 6 heteroatoms. The highest BCUT2D eigenvalue weighted by molar-refractivity contribution is 14.1. The highest BCUT2D eigenvalue weighted by atomic mass is 127. The van der Waals surface area contributed by atoms with Crippen LogP contribution < -0.4 is 0 Å². The summed E-state index contributed by atoms with van der Waals surface area (Å²) in [6, 6.07) is 0. The first-order valence-corrected chi connectivity index (χ1v) is 5.92. The summed E-state index contributed by atoms with van der Waals surface area (Å²) in [5.41, 5.74) is 0. The molecule has 0 unspecified atom stereocenters. The number of halogens is 1. The number of methoxy groups -OCH3 is 3. The molecule has 0 spiro atoms. The Kier molecular flexibility index (Phi) is 5.72. The van der Waals surface area contributed by atoms with Crippen LogP contribution >= 0.6 is 22.6 Å². The molecule has 0 amide bonds.